The Morgan fingerprint density at radius 1 is 1.27 bits per heavy atom. The standard InChI is InChI=1S/C20H29NO4.ClH/c1-5-24-20-12-17(7-9-19(20)23-4)6-8-18(22)10-11-21-13-15(2)25-16(3)14-21;/h6-9,12,15-16H,5,10-11,13-14H2,1-4H3;1H. The fourth-order valence-electron chi connectivity index (χ4n) is 3.07. The maximum atomic E-state index is 12.2. The van der Waals surface area contributed by atoms with Crippen LogP contribution in [0.4, 0.5) is 0 Å². The Bertz CT molecular complexity index is 595. The molecule has 146 valence electrons. The largest absolute Gasteiger partial charge is 0.493 e. The highest BCUT2D eigenvalue weighted by Gasteiger charge is 2.21. The van der Waals surface area contributed by atoms with Gasteiger partial charge in [-0.05, 0) is 44.5 Å². The van der Waals surface area contributed by atoms with Crippen LogP contribution in [-0.4, -0.2) is 56.2 Å². The van der Waals surface area contributed by atoms with Gasteiger partial charge in [-0.15, -0.1) is 12.4 Å². The highest BCUT2D eigenvalue weighted by atomic mass is 35.5. The van der Waals surface area contributed by atoms with E-state index in [9.17, 15) is 4.79 Å². The lowest BCUT2D eigenvalue weighted by molar-refractivity contribution is -0.116. The second-order valence-electron chi connectivity index (χ2n) is 6.41. The first-order valence-electron chi connectivity index (χ1n) is 8.91. The van der Waals surface area contributed by atoms with Crippen molar-refractivity contribution >= 4 is 24.3 Å². The molecule has 0 spiro atoms. The first-order valence-corrected chi connectivity index (χ1v) is 8.91. The summed E-state index contributed by atoms with van der Waals surface area (Å²) in [6, 6.07) is 5.65. The quantitative estimate of drug-likeness (QED) is 0.642. The molecule has 1 aliphatic rings. The number of ketones is 1. The van der Waals surface area contributed by atoms with Crippen molar-refractivity contribution in [2.24, 2.45) is 0 Å². The molecule has 1 fully saturated rings. The van der Waals surface area contributed by atoms with E-state index in [1.165, 1.54) is 0 Å². The molecule has 6 heteroatoms. The third-order valence-corrected chi connectivity index (χ3v) is 4.12. The van der Waals surface area contributed by atoms with Gasteiger partial charge < -0.3 is 14.2 Å². The molecule has 0 aliphatic carbocycles. The van der Waals surface area contributed by atoms with Crippen molar-refractivity contribution in [3.05, 3.63) is 29.8 Å². The third kappa shape index (κ3) is 6.98. The number of hydrogen-bond donors (Lipinski definition) is 0. The number of hydrogen-bond acceptors (Lipinski definition) is 5. The third-order valence-electron chi connectivity index (χ3n) is 4.12. The summed E-state index contributed by atoms with van der Waals surface area (Å²) < 4.78 is 16.5. The number of rotatable bonds is 8. The van der Waals surface area contributed by atoms with E-state index in [4.69, 9.17) is 14.2 Å². The lowest BCUT2D eigenvalue weighted by Gasteiger charge is -2.35. The Morgan fingerprint density at radius 2 is 1.96 bits per heavy atom. The van der Waals surface area contributed by atoms with E-state index in [0.717, 1.165) is 25.2 Å². The summed E-state index contributed by atoms with van der Waals surface area (Å²) in [4.78, 5) is 14.5. The van der Waals surface area contributed by atoms with Crippen molar-refractivity contribution < 1.29 is 19.0 Å². The molecule has 5 nitrogen and oxygen atoms in total. The first kappa shape index (κ1) is 22.5. The molecule has 2 atom stereocenters. The number of ether oxygens (including phenoxy) is 3. The van der Waals surface area contributed by atoms with Gasteiger partial charge in [0.15, 0.2) is 17.3 Å². The predicted molar refractivity (Wildman–Crippen MR) is 107 cm³/mol. The van der Waals surface area contributed by atoms with Crippen LogP contribution in [0.2, 0.25) is 0 Å². The van der Waals surface area contributed by atoms with Crippen LogP contribution in [0, 0.1) is 0 Å². The smallest absolute Gasteiger partial charge is 0.161 e. The molecule has 1 saturated heterocycles. The van der Waals surface area contributed by atoms with Gasteiger partial charge in [0, 0.05) is 26.1 Å². The number of halogens is 1. The number of allylic oxidation sites excluding steroid dienone is 1. The van der Waals surface area contributed by atoms with Gasteiger partial charge in [-0.1, -0.05) is 12.1 Å². The fourth-order valence-corrected chi connectivity index (χ4v) is 3.07. The minimum atomic E-state index is 0. The Kier molecular flexibility index (Phi) is 9.70. The van der Waals surface area contributed by atoms with Crippen LogP contribution in [0.5, 0.6) is 11.5 Å². The normalized spacial score (nSPS) is 20.6. The van der Waals surface area contributed by atoms with Crippen molar-refractivity contribution in [3.8, 4) is 11.5 Å². The number of nitrogens with zero attached hydrogens (tertiary/aromatic N) is 1. The summed E-state index contributed by atoms with van der Waals surface area (Å²) in [5.74, 6) is 1.51. The van der Waals surface area contributed by atoms with E-state index in [2.05, 4.69) is 18.7 Å². The first-order chi connectivity index (χ1) is 12.0. The zero-order valence-electron chi connectivity index (χ0n) is 16.1. The Balaban J connectivity index is 0.00000338. The van der Waals surface area contributed by atoms with Crippen LogP contribution in [0.1, 0.15) is 32.8 Å². The zero-order chi connectivity index (χ0) is 18.2. The van der Waals surface area contributed by atoms with E-state index in [1.807, 2.05) is 31.2 Å². The fraction of sp³-hybridized carbons (Fsp3) is 0.550. The molecule has 26 heavy (non-hydrogen) atoms. The minimum Gasteiger partial charge on any atom is -0.493 e. The molecule has 1 aromatic carbocycles. The van der Waals surface area contributed by atoms with Crippen molar-refractivity contribution in [2.45, 2.75) is 39.4 Å². The highest BCUT2D eigenvalue weighted by molar-refractivity contribution is 5.93. The Labute approximate surface area is 162 Å². The lowest BCUT2D eigenvalue weighted by Crippen LogP contribution is -2.45. The van der Waals surface area contributed by atoms with Gasteiger partial charge in [0.1, 0.15) is 0 Å². The van der Waals surface area contributed by atoms with Crippen molar-refractivity contribution in [1.29, 1.82) is 0 Å². The van der Waals surface area contributed by atoms with Gasteiger partial charge in [0.05, 0.1) is 25.9 Å². The number of carbonyl (C=O) groups is 1. The molecule has 0 bridgehead atoms. The second kappa shape index (κ2) is 11.2. The molecule has 0 saturated carbocycles. The van der Waals surface area contributed by atoms with Gasteiger partial charge in [-0.2, -0.15) is 0 Å². The molecule has 1 aliphatic heterocycles. The van der Waals surface area contributed by atoms with Gasteiger partial charge >= 0.3 is 0 Å². The minimum absolute atomic E-state index is 0. The van der Waals surface area contributed by atoms with Crippen LogP contribution in [0.15, 0.2) is 24.3 Å². The Morgan fingerprint density at radius 3 is 2.58 bits per heavy atom. The maximum absolute atomic E-state index is 12.2. The summed E-state index contributed by atoms with van der Waals surface area (Å²) in [5, 5.41) is 0. The summed E-state index contributed by atoms with van der Waals surface area (Å²) in [5.41, 5.74) is 0.922. The van der Waals surface area contributed by atoms with Gasteiger partial charge in [0.25, 0.3) is 0 Å². The van der Waals surface area contributed by atoms with Crippen LogP contribution >= 0.6 is 12.4 Å². The molecule has 0 N–H and O–H groups in total. The SMILES string of the molecule is CCOc1cc(C=CC(=O)CCN2CC(C)OC(C)C2)ccc1OC.Cl. The topological polar surface area (TPSA) is 48.0 Å². The average Bonchev–Trinajstić information content (AvgIpc) is 2.58. The maximum Gasteiger partial charge on any atom is 0.161 e. The summed E-state index contributed by atoms with van der Waals surface area (Å²) in [6.45, 7) is 9.19. The summed E-state index contributed by atoms with van der Waals surface area (Å²) >= 11 is 0. The highest BCUT2D eigenvalue weighted by Crippen LogP contribution is 2.28. The van der Waals surface area contributed by atoms with Crippen LogP contribution in [0.3, 0.4) is 0 Å². The van der Waals surface area contributed by atoms with Crippen LogP contribution < -0.4 is 9.47 Å². The number of morpholine rings is 1. The van der Waals surface area contributed by atoms with Gasteiger partial charge in [0.2, 0.25) is 0 Å². The second-order valence-corrected chi connectivity index (χ2v) is 6.41. The van der Waals surface area contributed by atoms with E-state index in [-0.39, 0.29) is 30.4 Å². The molecule has 0 amide bonds. The van der Waals surface area contributed by atoms with Crippen LogP contribution in [0.25, 0.3) is 6.08 Å². The van der Waals surface area contributed by atoms with E-state index >= 15 is 0 Å². The van der Waals surface area contributed by atoms with Crippen molar-refractivity contribution in [3.63, 3.8) is 0 Å². The molecule has 1 aromatic rings. The molecule has 0 radical (unpaired) electrons. The van der Waals surface area contributed by atoms with Crippen molar-refractivity contribution in [2.75, 3.05) is 33.4 Å². The summed E-state index contributed by atoms with van der Waals surface area (Å²) in [7, 11) is 1.62. The van der Waals surface area contributed by atoms with E-state index in [1.54, 1.807) is 13.2 Å². The summed E-state index contributed by atoms with van der Waals surface area (Å²) in [6.07, 6.45) is 4.45. The van der Waals surface area contributed by atoms with E-state index in [0.29, 0.717) is 24.5 Å². The molecule has 2 unspecified atom stereocenters. The molecule has 0 aromatic heterocycles. The molecule has 1 heterocycles. The van der Waals surface area contributed by atoms with Gasteiger partial charge in [-0.25, -0.2) is 0 Å². The number of benzene rings is 1. The monoisotopic (exact) mass is 383 g/mol. The van der Waals surface area contributed by atoms with Gasteiger partial charge in [-0.3, -0.25) is 9.69 Å². The zero-order valence-corrected chi connectivity index (χ0v) is 16.9. The molecular weight excluding hydrogens is 354 g/mol. The van der Waals surface area contributed by atoms with Crippen molar-refractivity contribution in [1.82, 2.24) is 4.90 Å². The van der Waals surface area contributed by atoms with E-state index < -0.39 is 0 Å². The molecular formula is C20H30ClNO4. The average molecular weight is 384 g/mol. The molecule has 2 rings (SSSR count). The van der Waals surface area contributed by atoms with Crippen LogP contribution in [-0.2, 0) is 9.53 Å². The predicted octanol–water partition coefficient (Wildman–Crippen LogP) is 3.60. The lowest BCUT2D eigenvalue weighted by atomic mass is 10.1. The number of methoxy groups -OCH3 is 1. The number of carbonyl (C=O) groups excluding carboxylic acids is 1. The Hall–Kier alpha value is -1.56.